The van der Waals surface area contributed by atoms with Gasteiger partial charge in [-0.15, -0.1) is 5.10 Å². The molecule has 0 fully saturated rings. The molecule has 7 nitrogen and oxygen atoms in total. The maximum Gasteiger partial charge on any atom is 0.231 e. The summed E-state index contributed by atoms with van der Waals surface area (Å²) in [5, 5.41) is 8.77. The topological polar surface area (TPSA) is 73.6 Å². The van der Waals surface area contributed by atoms with Crippen molar-refractivity contribution in [1.82, 2.24) is 19.6 Å². The number of nitrogens with one attached hydrogen (secondary N) is 1. The van der Waals surface area contributed by atoms with Gasteiger partial charge in [0.2, 0.25) is 16.9 Å². The molecule has 124 valence electrons. The minimum Gasteiger partial charge on any atom is -0.454 e. The Hall–Kier alpha value is -3.13. The average molecular weight is 351 g/mol. The summed E-state index contributed by atoms with van der Waals surface area (Å²) in [4.78, 5) is 9.43. The number of hydrogen-bond donors (Lipinski definition) is 1. The normalized spacial score (nSPS) is 12.6. The third kappa shape index (κ3) is 2.56. The van der Waals surface area contributed by atoms with Crippen LogP contribution in [-0.2, 0) is 6.54 Å². The minimum atomic E-state index is 0.285. The lowest BCUT2D eigenvalue weighted by atomic mass is 10.2. The van der Waals surface area contributed by atoms with Crippen molar-refractivity contribution in [3.8, 4) is 22.8 Å². The largest absolute Gasteiger partial charge is 0.454 e. The number of aromatic nitrogens is 4. The van der Waals surface area contributed by atoms with E-state index in [1.54, 1.807) is 6.20 Å². The average Bonchev–Trinajstić information content (AvgIpc) is 3.35. The molecule has 0 spiro atoms. The van der Waals surface area contributed by atoms with E-state index >= 15 is 0 Å². The second kappa shape index (κ2) is 5.75. The molecule has 0 unspecified atom stereocenters. The van der Waals surface area contributed by atoms with Crippen LogP contribution in [0.25, 0.3) is 16.2 Å². The lowest BCUT2D eigenvalue weighted by molar-refractivity contribution is 0.174. The van der Waals surface area contributed by atoms with Gasteiger partial charge in [-0.25, -0.2) is 9.50 Å². The lowest BCUT2D eigenvalue weighted by Gasteiger charge is -2.04. The molecule has 1 N–H and O–H groups in total. The molecule has 0 saturated heterocycles. The van der Waals surface area contributed by atoms with Crippen LogP contribution in [0.1, 0.15) is 5.56 Å². The summed E-state index contributed by atoms with van der Waals surface area (Å²) in [6, 6.07) is 9.82. The predicted octanol–water partition coefficient (Wildman–Crippen LogP) is 3.19. The van der Waals surface area contributed by atoms with Crippen LogP contribution in [0.5, 0.6) is 11.5 Å². The first-order valence-corrected chi connectivity index (χ1v) is 8.56. The highest BCUT2D eigenvalue weighted by Gasteiger charge is 2.14. The maximum absolute atomic E-state index is 5.41. The van der Waals surface area contributed by atoms with Gasteiger partial charge in [-0.05, 0) is 29.8 Å². The van der Waals surface area contributed by atoms with Gasteiger partial charge in [-0.3, -0.25) is 4.98 Å². The van der Waals surface area contributed by atoms with E-state index < -0.39 is 0 Å². The van der Waals surface area contributed by atoms with Crippen molar-refractivity contribution in [1.29, 1.82) is 0 Å². The number of nitrogens with zero attached hydrogens (tertiary/aromatic N) is 4. The number of hydrogen-bond acceptors (Lipinski definition) is 7. The lowest BCUT2D eigenvalue weighted by Crippen LogP contribution is -2.00. The summed E-state index contributed by atoms with van der Waals surface area (Å²) >= 11 is 1.51. The Balaban J connectivity index is 1.38. The van der Waals surface area contributed by atoms with Crippen LogP contribution in [0.15, 0.2) is 48.9 Å². The fraction of sp³-hybridized carbons (Fsp3) is 0.118. The summed E-state index contributed by atoms with van der Waals surface area (Å²) in [6.45, 7) is 0.933. The van der Waals surface area contributed by atoms with E-state index in [1.807, 2.05) is 47.2 Å². The Kier molecular flexibility index (Phi) is 3.27. The van der Waals surface area contributed by atoms with Crippen molar-refractivity contribution >= 4 is 21.4 Å². The maximum atomic E-state index is 5.41. The van der Waals surface area contributed by atoms with Gasteiger partial charge in [0.05, 0.1) is 11.9 Å². The third-order valence-corrected chi connectivity index (χ3v) is 4.80. The molecule has 0 amide bonds. The van der Waals surface area contributed by atoms with Gasteiger partial charge in [0, 0.05) is 24.5 Å². The fourth-order valence-corrected chi connectivity index (χ4v) is 3.47. The number of benzene rings is 1. The van der Waals surface area contributed by atoms with Crippen LogP contribution in [0.2, 0.25) is 0 Å². The fourth-order valence-electron chi connectivity index (χ4n) is 2.70. The molecule has 0 radical (unpaired) electrons. The third-order valence-electron chi connectivity index (χ3n) is 3.92. The number of rotatable bonds is 4. The van der Waals surface area contributed by atoms with Crippen LogP contribution in [0.4, 0.5) is 5.13 Å². The van der Waals surface area contributed by atoms with Gasteiger partial charge in [0.1, 0.15) is 0 Å². The minimum absolute atomic E-state index is 0.285. The van der Waals surface area contributed by atoms with E-state index in [0.29, 0.717) is 6.54 Å². The first kappa shape index (κ1) is 14.2. The zero-order valence-corrected chi connectivity index (χ0v) is 13.9. The first-order chi connectivity index (χ1) is 12.4. The number of imidazole rings is 1. The Morgan fingerprint density at radius 1 is 1.16 bits per heavy atom. The summed E-state index contributed by atoms with van der Waals surface area (Å²) in [5.41, 5.74) is 3.02. The highest BCUT2D eigenvalue weighted by molar-refractivity contribution is 7.20. The van der Waals surface area contributed by atoms with Crippen molar-refractivity contribution in [3.05, 3.63) is 54.5 Å². The Bertz CT molecular complexity index is 1040. The summed E-state index contributed by atoms with van der Waals surface area (Å²) in [7, 11) is 0. The van der Waals surface area contributed by atoms with Gasteiger partial charge >= 0.3 is 0 Å². The van der Waals surface area contributed by atoms with Crippen molar-refractivity contribution in [2.45, 2.75) is 6.54 Å². The molecule has 8 heteroatoms. The zero-order chi connectivity index (χ0) is 16.6. The van der Waals surface area contributed by atoms with Crippen LogP contribution >= 0.6 is 11.3 Å². The molecule has 0 atom stereocenters. The van der Waals surface area contributed by atoms with Crippen molar-refractivity contribution in [3.63, 3.8) is 0 Å². The Morgan fingerprint density at radius 2 is 2.12 bits per heavy atom. The van der Waals surface area contributed by atoms with Crippen LogP contribution in [-0.4, -0.2) is 26.4 Å². The standard InChI is InChI=1S/C17H13N5O2S/c1-2-12(8-18-5-1)13-9-20-17-22(13)21-16(25-17)19-7-11-3-4-14-15(6-11)24-10-23-14/h1-6,8-9H,7,10H2,(H,19,21). The van der Waals surface area contributed by atoms with Crippen LogP contribution < -0.4 is 14.8 Å². The first-order valence-electron chi connectivity index (χ1n) is 7.74. The molecule has 4 aromatic rings. The smallest absolute Gasteiger partial charge is 0.231 e. The monoisotopic (exact) mass is 351 g/mol. The molecule has 4 heterocycles. The quantitative estimate of drug-likeness (QED) is 0.609. The van der Waals surface area contributed by atoms with Gasteiger partial charge in [-0.2, -0.15) is 0 Å². The van der Waals surface area contributed by atoms with E-state index in [9.17, 15) is 0 Å². The predicted molar refractivity (Wildman–Crippen MR) is 94.0 cm³/mol. The molecule has 0 aliphatic carbocycles. The summed E-state index contributed by atoms with van der Waals surface area (Å²) < 4.78 is 12.6. The second-order valence-corrected chi connectivity index (χ2v) is 6.48. The number of ether oxygens (including phenoxy) is 2. The molecule has 1 aliphatic rings. The highest BCUT2D eigenvalue weighted by Crippen LogP contribution is 2.33. The van der Waals surface area contributed by atoms with E-state index in [0.717, 1.165) is 38.4 Å². The zero-order valence-electron chi connectivity index (χ0n) is 13.0. The Labute approximate surface area is 146 Å². The summed E-state index contributed by atoms with van der Waals surface area (Å²) in [6.07, 6.45) is 5.38. The molecule has 3 aromatic heterocycles. The van der Waals surface area contributed by atoms with Crippen LogP contribution in [0.3, 0.4) is 0 Å². The number of pyridine rings is 1. The summed E-state index contributed by atoms with van der Waals surface area (Å²) in [5.74, 6) is 1.57. The van der Waals surface area contributed by atoms with Crippen LogP contribution in [0, 0.1) is 0 Å². The molecule has 25 heavy (non-hydrogen) atoms. The molecule has 5 rings (SSSR count). The van der Waals surface area contributed by atoms with E-state index in [1.165, 1.54) is 11.3 Å². The molecule has 1 aliphatic heterocycles. The van der Waals surface area contributed by atoms with E-state index in [2.05, 4.69) is 20.4 Å². The molecular formula is C17H13N5O2S. The number of fused-ring (bicyclic) bond motifs is 2. The number of anilines is 1. The van der Waals surface area contributed by atoms with Crippen molar-refractivity contribution in [2.75, 3.05) is 12.1 Å². The molecule has 0 bridgehead atoms. The van der Waals surface area contributed by atoms with E-state index in [-0.39, 0.29) is 6.79 Å². The van der Waals surface area contributed by atoms with Gasteiger partial charge in [-0.1, -0.05) is 17.4 Å². The van der Waals surface area contributed by atoms with Gasteiger partial charge < -0.3 is 14.8 Å². The van der Waals surface area contributed by atoms with Gasteiger partial charge in [0.15, 0.2) is 11.5 Å². The SMILES string of the molecule is c1cncc(-c2cnc3sc(NCc4ccc5c(c4)OCO5)nn23)c1. The Morgan fingerprint density at radius 3 is 3.04 bits per heavy atom. The highest BCUT2D eigenvalue weighted by atomic mass is 32.1. The van der Waals surface area contributed by atoms with Gasteiger partial charge in [0.25, 0.3) is 0 Å². The van der Waals surface area contributed by atoms with E-state index in [4.69, 9.17) is 9.47 Å². The molecule has 1 aromatic carbocycles. The second-order valence-electron chi connectivity index (χ2n) is 5.53. The molecular weight excluding hydrogens is 338 g/mol. The van der Waals surface area contributed by atoms with Crippen molar-refractivity contribution < 1.29 is 9.47 Å². The molecule has 0 saturated carbocycles. The van der Waals surface area contributed by atoms with Crippen molar-refractivity contribution in [2.24, 2.45) is 0 Å².